The quantitative estimate of drug-likeness (QED) is 0.737. The van der Waals surface area contributed by atoms with Crippen molar-refractivity contribution in [2.45, 2.75) is 65.5 Å². The van der Waals surface area contributed by atoms with Crippen molar-refractivity contribution in [3.05, 3.63) is 47.3 Å². The molecule has 0 saturated carbocycles. The summed E-state index contributed by atoms with van der Waals surface area (Å²) in [5.41, 5.74) is 3.37. The molecular formula is C24H37N5O3. The smallest absolute Gasteiger partial charge is 0.222 e. The van der Waals surface area contributed by atoms with E-state index in [1.165, 1.54) is 11.1 Å². The van der Waals surface area contributed by atoms with Crippen LogP contribution in [0.4, 0.5) is 0 Å². The summed E-state index contributed by atoms with van der Waals surface area (Å²) in [6.45, 7) is 9.21. The number of rotatable bonds is 6. The van der Waals surface area contributed by atoms with E-state index in [4.69, 9.17) is 4.74 Å². The maximum absolute atomic E-state index is 13.0. The molecule has 0 saturated heterocycles. The van der Waals surface area contributed by atoms with Crippen molar-refractivity contribution in [1.29, 1.82) is 0 Å². The summed E-state index contributed by atoms with van der Waals surface area (Å²) in [6, 6.07) is 8.18. The highest BCUT2D eigenvalue weighted by Crippen LogP contribution is 2.18. The molecule has 32 heavy (non-hydrogen) atoms. The Hall–Kier alpha value is -2.29. The van der Waals surface area contributed by atoms with Crippen molar-refractivity contribution in [2.75, 3.05) is 26.7 Å². The van der Waals surface area contributed by atoms with Gasteiger partial charge in [0.05, 0.1) is 31.6 Å². The summed E-state index contributed by atoms with van der Waals surface area (Å²) < 4.78 is 8.11. The van der Waals surface area contributed by atoms with Crippen LogP contribution in [0.3, 0.4) is 0 Å². The lowest BCUT2D eigenvalue weighted by Gasteiger charge is -2.35. The van der Waals surface area contributed by atoms with E-state index in [-0.39, 0.29) is 30.6 Å². The number of carbonyl (C=O) groups excluding carboxylic acids is 1. The number of aryl methyl sites for hydroxylation is 2. The second-order valence-electron chi connectivity index (χ2n) is 9.10. The van der Waals surface area contributed by atoms with E-state index in [0.717, 1.165) is 18.8 Å². The lowest BCUT2D eigenvalue weighted by molar-refractivity contribution is -0.136. The van der Waals surface area contributed by atoms with Gasteiger partial charge in [0.1, 0.15) is 5.69 Å². The third-order valence-electron chi connectivity index (χ3n) is 6.24. The molecule has 3 atom stereocenters. The van der Waals surface area contributed by atoms with Crippen LogP contribution in [0.2, 0.25) is 0 Å². The Morgan fingerprint density at radius 2 is 2.12 bits per heavy atom. The molecule has 1 aromatic carbocycles. The van der Waals surface area contributed by atoms with Gasteiger partial charge in [-0.1, -0.05) is 36.4 Å². The fourth-order valence-corrected chi connectivity index (χ4v) is 4.14. The molecule has 1 N–H and O–H groups in total. The van der Waals surface area contributed by atoms with Crippen LogP contribution in [0.25, 0.3) is 0 Å². The average molecular weight is 444 g/mol. The molecular weight excluding hydrogens is 406 g/mol. The Balaban J connectivity index is 1.77. The maximum Gasteiger partial charge on any atom is 0.222 e. The Kier molecular flexibility index (Phi) is 8.78. The molecule has 2 heterocycles. The molecule has 1 amide bonds. The highest BCUT2D eigenvalue weighted by molar-refractivity contribution is 5.76. The van der Waals surface area contributed by atoms with Crippen molar-refractivity contribution >= 4 is 5.91 Å². The van der Waals surface area contributed by atoms with Gasteiger partial charge in [0.2, 0.25) is 5.91 Å². The fourth-order valence-electron chi connectivity index (χ4n) is 4.14. The second kappa shape index (κ2) is 11.5. The van der Waals surface area contributed by atoms with Gasteiger partial charge >= 0.3 is 0 Å². The predicted molar refractivity (Wildman–Crippen MR) is 123 cm³/mol. The minimum absolute atomic E-state index is 0.0524. The lowest BCUT2D eigenvalue weighted by Crippen LogP contribution is -2.47. The van der Waals surface area contributed by atoms with Gasteiger partial charge in [-0.3, -0.25) is 14.4 Å². The number of aliphatic hydroxyl groups excluding tert-OH is 1. The molecule has 8 nitrogen and oxygen atoms in total. The predicted octanol–water partition coefficient (Wildman–Crippen LogP) is 2.24. The van der Waals surface area contributed by atoms with Crippen molar-refractivity contribution in [3.63, 3.8) is 0 Å². The van der Waals surface area contributed by atoms with E-state index >= 15 is 0 Å². The Morgan fingerprint density at radius 1 is 1.34 bits per heavy atom. The number of hydrogen-bond acceptors (Lipinski definition) is 6. The Bertz CT molecular complexity index is 871. The highest BCUT2D eigenvalue weighted by Gasteiger charge is 2.28. The van der Waals surface area contributed by atoms with Gasteiger partial charge in [-0.15, -0.1) is 5.10 Å². The molecule has 1 aromatic heterocycles. The standard InChI is InChI=1S/C24H37N5O3/c1-18-8-5-6-9-21(18)13-27(4)15-23-19(2)12-29(20(3)16-30)24(31)10-7-11-28-14-22(17-32-23)25-26-28/h5-6,8-9,14,19-20,23,30H,7,10-13,15-17H2,1-4H3/t19-,20-,23+/m0/s1. The fraction of sp³-hybridized carbons (Fsp3) is 0.625. The summed E-state index contributed by atoms with van der Waals surface area (Å²) in [5.74, 6) is 0.146. The van der Waals surface area contributed by atoms with Crippen molar-refractivity contribution in [2.24, 2.45) is 5.92 Å². The van der Waals surface area contributed by atoms with Gasteiger partial charge in [-0.05, 0) is 38.4 Å². The molecule has 1 aliphatic rings. The summed E-state index contributed by atoms with van der Waals surface area (Å²) in [5, 5.41) is 18.1. The zero-order chi connectivity index (χ0) is 23.1. The average Bonchev–Trinajstić information content (AvgIpc) is 3.23. The van der Waals surface area contributed by atoms with E-state index in [2.05, 4.69) is 60.4 Å². The minimum atomic E-state index is -0.224. The first-order valence-corrected chi connectivity index (χ1v) is 11.5. The maximum atomic E-state index is 13.0. The molecule has 0 radical (unpaired) electrons. The molecule has 0 unspecified atom stereocenters. The van der Waals surface area contributed by atoms with E-state index in [1.54, 1.807) is 4.68 Å². The second-order valence-corrected chi connectivity index (χ2v) is 9.10. The molecule has 3 rings (SSSR count). The van der Waals surface area contributed by atoms with Gasteiger partial charge in [0, 0.05) is 38.5 Å². The first-order valence-electron chi connectivity index (χ1n) is 11.5. The van der Waals surface area contributed by atoms with E-state index in [0.29, 0.717) is 32.5 Å². The van der Waals surface area contributed by atoms with Crippen molar-refractivity contribution in [1.82, 2.24) is 24.8 Å². The molecule has 8 heteroatoms. The van der Waals surface area contributed by atoms with Crippen LogP contribution in [-0.2, 0) is 29.2 Å². The van der Waals surface area contributed by atoms with Crippen LogP contribution in [0.15, 0.2) is 30.5 Å². The Morgan fingerprint density at radius 3 is 2.88 bits per heavy atom. The number of amides is 1. The highest BCUT2D eigenvalue weighted by atomic mass is 16.5. The summed E-state index contributed by atoms with van der Waals surface area (Å²) >= 11 is 0. The SMILES string of the molecule is Cc1ccccc1CN(C)C[C@H]1OCc2cn(nn2)CCCC(=O)N([C@@H](C)CO)C[C@@H]1C. The molecule has 2 bridgehead atoms. The van der Waals surface area contributed by atoms with Crippen LogP contribution < -0.4 is 0 Å². The van der Waals surface area contributed by atoms with Crippen LogP contribution >= 0.6 is 0 Å². The van der Waals surface area contributed by atoms with Gasteiger partial charge < -0.3 is 14.7 Å². The van der Waals surface area contributed by atoms with Gasteiger partial charge in [0.25, 0.3) is 0 Å². The number of likely N-dealkylation sites (N-methyl/N-ethyl adjacent to an activating group) is 1. The van der Waals surface area contributed by atoms with E-state index < -0.39 is 0 Å². The number of aliphatic hydroxyl groups is 1. The van der Waals surface area contributed by atoms with E-state index in [1.807, 2.05) is 18.0 Å². The molecule has 1 aliphatic heterocycles. The lowest BCUT2D eigenvalue weighted by atomic mass is 10.0. The Labute approximate surface area is 191 Å². The number of ether oxygens (including phenoxy) is 1. The van der Waals surface area contributed by atoms with Gasteiger partial charge in [0.15, 0.2) is 0 Å². The normalized spacial score (nSPS) is 21.7. The van der Waals surface area contributed by atoms with Crippen LogP contribution in [0, 0.1) is 12.8 Å². The number of nitrogens with zero attached hydrogens (tertiary/aromatic N) is 5. The van der Waals surface area contributed by atoms with Crippen LogP contribution in [0.5, 0.6) is 0 Å². The number of aromatic nitrogens is 3. The largest absolute Gasteiger partial charge is 0.394 e. The zero-order valence-electron chi connectivity index (χ0n) is 19.8. The molecule has 176 valence electrons. The zero-order valence-corrected chi connectivity index (χ0v) is 19.8. The molecule has 0 spiro atoms. The molecule has 2 aromatic rings. The van der Waals surface area contributed by atoms with E-state index in [9.17, 15) is 9.90 Å². The van der Waals surface area contributed by atoms with Crippen LogP contribution in [0.1, 0.15) is 43.5 Å². The summed E-state index contributed by atoms with van der Waals surface area (Å²) in [4.78, 5) is 17.0. The van der Waals surface area contributed by atoms with Crippen LogP contribution in [-0.4, -0.2) is 74.7 Å². The summed E-state index contributed by atoms with van der Waals surface area (Å²) in [6.07, 6.45) is 2.91. The number of carbonyl (C=O) groups is 1. The number of benzene rings is 1. The third-order valence-corrected chi connectivity index (χ3v) is 6.24. The van der Waals surface area contributed by atoms with Crippen molar-refractivity contribution < 1.29 is 14.6 Å². The molecule has 0 aliphatic carbocycles. The molecule has 0 fully saturated rings. The van der Waals surface area contributed by atoms with Gasteiger partial charge in [-0.25, -0.2) is 0 Å². The first kappa shape index (κ1) is 24.4. The topological polar surface area (TPSA) is 83.7 Å². The number of hydrogen-bond donors (Lipinski definition) is 1. The monoisotopic (exact) mass is 443 g/mol. The minimum Gasteiger partial charge on any atom is -0.394 e. The summed E-state index contributed by atoms with van der Waals surface area (Å²) in [7, 11) is 2.10. The van der Waals surface area contributed by atoms with Gasteiger partial charge in [-0.2, -0.15) is 0 Å². The first-order chi connectivity index (χ1) is 15.4. The number of fused-ring (bicyclic) bond motifs is 2. The third kappa shape index (κ3) is 6.60. The van der Waals surface area contributed by atoms with Crippen molar-refractivity contribution in [3.8, 4) is 0 Å².